The van der Waals surface area contributed by atoms with Gasteiger partial charge in [-0.05, 0) is 98.4 Å². The van der Waals surface area contributed by atoms with Crippen molar-refractivity contribution in [1.29, 1.82) is 0 Å². The summed E-state index contributed by atoms with van der Waals surface area (Å²) in [6.45, 7) is 15.9. The van der Waals surface area contributed by atoms with Crippen LogP contribution in [0.25, 0.3) is 0 Å². The second-order valence-electron chi connectivity index (χ2n) is 14.1. The van der Waals surface area contributed by atoms with Crippen molar-refractivity contribution in [2.24, 2.45) is 40.4 Å². The van der Waals surface area contributed by atoms with Crippen LogP contribution in [0.3, 0.4) is 0 Å². The second-order valence-corrected chi connectivity index (χ2v) is 14.1. The lowest BCUT2D eigenvalue weighted by atomic mass is 9.47. The Labute approximate surface area is 230 Å². The number of ether oxygens (including phenoxy) is 2. The number of fused-ring (bicyclic) bond motifs is 7. The predicted molar refractivity (Wildman–Crippen MR) is 150 cm³/mol. The highest BCUT2D eigenvalue weighted by atomic mass is 16.5. The molecule has 0 aromatic rings. The first-order chi connectivity index (χ1) is 17.9. The van der Waals surface area contributed by atoms with Gasteiger partial charge in [0.05, 0.1) is 5.76 Å². The summed E-state index contributed by atoms with van der Waals surface area (Å²) in [5, 5.41) is 2.97. The maximum absolute atomic E-state index is 11.6. The topological polar surface area (TPSA) is 64.6 Å². The molecule has 5 heteroatoms. The third-order valence-corrected chi connectivity index (χ3v) is 11.9. The molecule has 3 saturated carbocycles. The highest BCUT2D eigenvalue weighted by molar-refractivity contribution is 5.72. The Morgan fingerprint density at radius 2 is 1.95 bits per heavy atom. The highest BCUT2D eigenvalue weighted by Crippen LogP contribution is 2.72. The zero-order valence-corrected chi connectivity index (χ0v) is 25.0. The van der Waals surface area contributed by atoms with Gasteiger partial charge in [-0.15, -0.1) is 0 Å². The smallest absolute Gasteiger partial charge is 0.302 e. The molecule has 0 bridgehead atoms. The average Bonchev–Trinajstić information content (AvgIpc) is 3.30. The Morgan fingerprint density at radius 3 is 2.63 bits per heavy atom. The summed E-state index contributed by atoms with van der Waals surface area (Å²) in [4.78, 5) is 22.9. The Morgan fingerprint density at radius 1 is 1.18 bits per heavy atom. The van der Waals surface area contributed by atoms with Crippen LogP contribution in [0, 0.1) is 40.4 Å². The minimum atomic E-state index is -0.145. The lowest BCUT2D eigenvalue weighted by Gasteiger charge is -2.58. The van der Waals surface area contributed by atoms with Gasteiger partial charge in [-0.25, -0.2) is 0 Å². The van der Waals surface area contributed by atoms with Gasteiger partial charge in [-0.1, -0.05) is 39.3 Å². The van der Waals surface area contributed by atoms with E-state index in [-0.39, 0.29) is 29.0 Å². The molecule has 3 fully saturated rings. The van der Waals surface area contributed by atoms with E-state index in [2.05, 4.69) is 46.0 Å². The minimum absolute atomic E-state index is 0.0491. The van der Waals surface area contributed by atoms with Crippen LogP contribution in [0.4, 0.5) is 0 Å². The fraction of sp³-hybridized carbons (Fsp3) is 0.818. The largest absolute Gasteiger partial charge is 0.491 e. The van der Waals surface area contributed by atoms with Crippen molar-refractivity contribution < 1.29 is 19.1 Å². The molecule has 0 spiro atoms. The molecular weight excluding hydrogens is 474 g/mol. The number of nitrogens with one attached hydrogen (secondary N) is 1. The van der Waals surface area contributed by atoms with Crippen LogP contribution in [0.5, 0.6) is 0 Å². The molecule has 0 saturated heterocycles. The summed E-state index contributed by atoms with van der Waals surface area (Å²) in [5.41, 5.74) is 3.57. The number of amides is 1. The van der Waals surface area contributed by atoms with Crippen LogP contribution in [-0.4, -0.2) is 30.1 Å². The van der Waals surface area contributed by atoms with E-state index in [9.17, 15) is 9.59 Å². The normalized spacial score (nSPS) is 42.2. The monoisotopic (exact) mass is 525 g/mol. The maximum atomic E-state index is 11.6. The average molecular weight is 526 g/mol. The summed E-state index contributed by atoms with van der Waals surface area (Å²) >= 11 is 0. The van der Waals surface area contributed by atoms with Gasteiger partial charge in [0, 0.05) is 39.2 Å². The highest BCUT2D eigenvalue weighted by Gasteiger charge is 2.68. The van der Waals surface area contributed by atoms with Crippen LogP contribution >= 0.6 is 0 Å². The lowest BCUT2D eigenvalue weighted by molar-refractivity contribution is -0.148. The number of esters is 1. The van der Waals surface area contributed by atoms with E-state index in [1.165, 1.54) is 43.9 Å². The molecule has 9 atom stereocenters. The number of hydrogen-bond donors (Lipinski definition) is 1. The van der Waals surface area contributed by atoms with E-state index < -0.39 is 0 Å². The maximum Gasteiger partial charge on any atom is 0.302 e. The molecule has 212 valence electrons. The van der Waals surface area contributed by atoms with Crippen molar-refractivity contribution in [3.8, 4) is 0 Å². The van der Waals surface area contributed by atoms with Crippen molar-refractivity contribution in [3.05, 3.63) is 23.0 Å². The lowest BCUT2D eigenvalue weighted by Crippen LogP contribution is -2.50. The summed E-state index contributed by atoms with van der Waals surface area (Å²) in [6, 6.07) is 0. The SMILES string of the molecule is CC[C@]12C[C@@H]3[C@@H]4CC=C5C[C@H](OC(C)=O)CC[C@]5(C)[C@@H]4CC[C@]3(C)[C@@H]1C(C)=C(CC[C@@H](C)CNC(C)=O)O2. The van der Waals surface area contributed by atoms with Crippen molar-refractivity contribution in [3.63, 3.8) is 0 Å². The third kappa shape index (κ3) is 4.44. The number of allylic oxidation sites excluding steroid dienone is 2. The van der Waals surface area contributed by atoms with E-state index in [0.717, 1.165) is 56.9 Å². The molecule has 0 unspecified atom stereocenters. The van der Waals surface area contributed by atoms with E-state index in [0.29, 0.717) is 23.2 Å². The van der Waals surface area contributed by atoms with Crippen molar-refractivity contribution in [2.75, 3.05) is 6.54 Å². The van der Waals surface area contributed by atoms with Gasteiger partial charge in [-0.3, -0.25) is 9.59 Å². The van der Waals surface area contributed by atoms with E-state index >= 15 is 0 Å². The fourth-order valence-electron chi connectivity index (χ4n) is 10.1. The molecule has 1 heterocycles. The van der Waals surface area contributed by atoms with Crippen molar-refractivity contribution in [1.82, 2.24) is 5.32 Å². The first-order valence-corrected chi connectivity index (χ1v) is 15.4. The molecule has 5 nitrogen and oxygen atoms in total. The van der Waals surface area contributed by atoms with Crippen LogP contribution in [0.15, 0.2) is 23.0 Å². The molecule has 38 heavy (non-hydrogen) atoms. The summed E-state index contributed by atoms with van der Waals surface area (Å²) in [5.74, 6) is 4.26. The van der Waals surface area contributed by atoms with Gasteiger partial charge in [0.15, 0.2) is 0 Å². The van der Waals surface area contributed by atoms with Crippen LogP contribution in [0.1, 0.15) is 113 Å². The van der Waals surface area contributed by atoms with Gasteiger partial charge < -0.3 is 14.8 Å². The van der Waals surface area contributed by atoms with Crippen LogP contribution in [0.2, 0.25) is 0 Å². The first-order valence-electron chi connectivity index (χ1n) is 15.4. The van der Waals surface area contributed by atoms with Gasteiger partial charge in [-0.2, -0.15) is 0 Å². The summed E-state index contributed by atoms with van der Waals surface area (Å²) < 4.78 is 12.7. The van der Waals surface area contributed by atoms with E-state index in [1.807, 2.05) is 0 Å². The van der Waals surface area contributed by atoms with Crippen LogP contribution < -0.4 is 5.32 Å². The molecule has 4 aliphatic carbocycles. The molecule has 1 amide bonds. The molecule has 0 radical (unpaired) electrons. The number of rotatable bonds is 7. The zero-order chi connectivity index (χ0) is 27.5. The van der Waals surface area contributed by atoms with Gasteiger partial charge in [0.25, 0.3) is 0 Å². The quantitative estimate of drug-likeness (QED) is 0.284. The summed E-state index contributed by atoms with van der Waals surface area (Å²) in [6.07, 6.45) is 13.7. The van der Waals surface area contributed by atoms with Gasteiger partial charge in [0.1, 0.15) is 11.7 Å². The van der Waals surface area contributed by atoms with Gasteiger partial charge >= 0.3 is 5.97 Å². The molecule has 0 aromatic heterocycles. The van der Waals surface area contributed by atoms with Crippen molar-refractivity contribution >= 4 is 11.9 Å². The zero-order valence-electron chi connectivity index (χ0n) is 25.0. The number of carbonyl (C=O) groups is 2. The Balaban J connectivity index is 1.35. The molecule has 0 aromatic carbocycles. The fourth-order valence-corrected chi connectivity index (χ4v) is 10.1. The van der Waals surface area contributed by atoms with Gasteiger partial charge in [0.2, 0.25) is 5.91 Å². The Kier molecular flexibility index (Phi) is 7.31. The Hall–Kier alpha value is -1.78. The molecule has 5 aliphatic rings. The second kappa shape index (κ2) is 10.0. The molecular formula is C33H51NO4. The Bertz CT molecular complexity index is 1030. The summed E-state index contributed by atoms with van der Waals surface area (Å²) in [7, 11) is 0. The molecule has 1 N–H and O–H groups in total. The standard InChI is InChI=1S/C33H51NO4/c1-8-33-18-28-26-11-10-24-17-25(37-23(5)36)13-15-31(24,6)27(26)14-16-32(28,7)30(33)21(3)29(38-33)12-9-20(2)19-34-22(4)35/h10,20,25-28,30H,8-9,11-19H2,1-7H3,(H,34,35)/t20-,25-,26-,27-,28-,30+,31+,32+,33+/m1/s1. The van der Waals surface area contributed by atoms with Crippen molar-refractivity contribution in [2.45, 2.75) is 124 Å². The van der Waals surface area contributed by atoms with Crippen LogP contribution in [-0.2, 0) is 19.1 Å². The van der Waals surface area contributed by atoms with E-state index in [1.54, 1.807) is 12.5 Å². The predicted octanol–water partition coefficient (Wildman–Crippen LogP) is 7.11. The molecule has 1 aliphatic heterocycles. The molecule has 5 rings (SSSR count). The number of carbonyl (C=O) groups excluding carboxylic acids is 2. The third-order valence-electron chi connectivity index (χ3n) is 11.9. The van der Waals surface area contributed by atoms with E-state index in [4.69, 9.17) is 9.47 Å². The first kappa shape index (κ1) is 27.8. The number of hydrogen-bond acceptors (Lipinski definition) is 4. The minimum Gasteiger partial charge on any atom is -0.491 e.